The van der Waals surface area contributed by atoms with Crippen LogP contribution < -0.4 is 10.4 Å². The Labute approximate surface area is 349 Å². The van der Waals surface area contributed by atoms with Crippen LogP contribution in [-0.4, -0.2) is 7.85 Å². The van der Waals surface area contributed by atoms with Gasteiger partial charge in [-0.15, -0.1) is 0 Å². The van der Waals surface area contributed by atoms with Crippen molar-refractivity contribution in [2.45, 2.75) is 19.3 Å². The van der Waals surface area contributed by atoms with Crippen molar-refractivity contribution in [1.82, 2.24) is 0 Å². The summed E-state index contributed by atoms with van der Waals surface area (Å²) >= 11 is 0. The van der Waals surface area contributed by atoms with Gasteiger partial charge in [0.15, 0.2) is 0 Å². The summed E-state index contributed by atoms with van der Waals surface area (Å²) in [6, 6.07) is 78.7. The molecule has 0 fully saturated rings. The van der Waals surface area contributed by atoms with E-state index in [1.54, 1.807) is 0 Å². The van der Waals surface area contributed by atoms with E-state index in [4.69, 9.17) is 7.85 Å². The largest absolute Gasteiger partial charge is 0.310 e. The van der Waals surface area contributed by atoms with Crippen molar-refractivity contribution in [1.29, 1.82) is 0 Å². The molecule has 0 unspecified atom stereocenters. The summed E-state index contributed by atoms with van der Waals surface area (Å²) in [7, 11) is 6.64. The van der Waals surface area contributed by atoms with Crippen LogP contribution in [0.3, 0.4) is 0 Å². The van der Waals surface area contributed by atoms with Gasteiger partial charge in [-0.05, 0) is 114 Å². The predicted octanol–water partition coefficient (Wildman–Crippen LogP) is 14.6. The zero-order valence-corrected chi connectivity index (χ0v) is 33.3. The highest BCUT2D eigenvalue weighted by atomic mass is 15.1. The molecule has 9 aromatic carbocycles. The number of anilines is 3. The first kappa shape index (κ1) is 36.2. The summed E-state index contributed by atoms with van der Waals surface area (Å²) < 4.78 is 0. The van der Waals surface area contributed by atoms with E-state index in [-0.39, 0.29) is 5.41 Å². The highest BCUT2D eigenvalue weighted by Gasteiger charge is 2.35. The van der Waals surface area contributed by atoms with E-state index in [1.165, 1.54) is 50.1 Å². The van der Waals surface area contributed by atoms with Gasteiger partial charge in [0.1, 0.15) is 7.85 Å². The van der Waals surface area contributed by atoms with E-state index in [9.17, 15) is 0 Å². The van der Waals surface area contributed by atoms with Crippen LogP contribution in [0.25, 0.3) is 66.8 Å². The van der Waals surface area contributed by atoms with Gasteiger partial charge in [0.25, 0.3) is 0 Å². The summed E-state index contributed by atoms with van der Waals surface area (Å²) in [5, 5.41) is 0. The van der Waals surface area contributed by atoms with Crippen LogP contribution in [0, 0.1) is 0 Å². The molecule has 0 saturated heterocycles. The molecule has 0 saturated carbocycles. The van der Waals surface area contributed by atoms with E-state index in [0.717, 1.165) is 50.3 Å². The molecule has 0 atom stereocenters. The molecule has 0 spiro atoms. The first-order valence-corrected chi connectivity index (χ1v) is 20.4. The second-order valence-corrected chi connectivity index (χ2v) is 15.9. The number of benzene rings is 9. The van der Waals surface area contributed by atoms with E-state index < -0.39 is 0 Å². The Morgan fingerprint density at radius 3 is 1.41 bits per heavy atom. The van der Waals surface area contributed by atoms with Gasteiger partial charge in [0.2, 0.25) is 0 Å². The van der Waals surface area contributed by atoms with Crippen molar-refractivity contribution in [2.24, 2.45) is 0 Å². The van der Waals surface area contributed by atoms with Gasteiger partial charge in [-0.1, -0.05) is 201 Å². The summed E-state index contributed by atoms with van der Waals surface area (Å²) in [4.78, 5) is 2.40. The zero-order valence-electron chi connectivity index (χ0n) is 33.3. The Balaban J connectivity index is 1.12. The highest BCUT2D eigenvalue weighted by molar-refractivity contribution is 6.36. The van der Waals surface area contributed by atoms with Crippen molar-refractivity contribution in [2.75, 3.05) is 4.90 Å². The fraction of sp³-hybridized carbons (Fsp3) is 0.0526. The number of nitrogens with zero attached hydrogens (tertiary/aromatic N) is 1. The molecule has 59 heavy (non-hydrogen) atoms. The second-order valence-electron chi connectivity index (χ2n) is 15.9. The first-order chi connectivity index (χ1) is 29.0. The molecule has 0 N–H and O–H groups in total. The van der Waals surface area contributed by atoms with Gasteiger partial charge in [-0.3, -0.25) is 0 Å². The van der Waals surface area contributed by atoms with Crippen LogP contribution in [0.15, 0.2) is 218 Å². The van der Waals surface area contributed by atoms with Gasteiger partial charge in [-0.25, -0.2) is 0 Å². The van der Waals surface area contributed by atoms with Gasteiger partial charge in [-0.2, -0.15) is 0 Å². The first-order valence-electron chi connectivity index (χ1n) is 20.4. The minimum absolute atomic E-state index is 0.116. The van der Waals surface area contributed by atoms with Gasteiger partial charge in [0, 0.05) is 22.5 Å². The molecular formula is C57H42BN. The van der Waals surface area contributed by atoms with Crippen molar-refractivity contribution < 1.29 is 0 Å². The van der Waals surface area contributed by atoms with Crippen LogP contribution in [0.5, 0.6) is 0 Å². The highest BCUT2D eigenvalue weighted by Crippen LogP contribution is 2.51. The SMILES string of the molecule is [B]c1ccccc1-c1ccccc1-c1c(-c2ccccc2)cccc1-c1ccc(N(c2ccc(-c3ccccc3)cc2)c2ccc3c(c2)C(C)(C)c2ccccc2-3)cc1. The number of rotatable bonds is 8. The van der Waals surface area contributed by atoms with Gasteiger partial charge >= 0.3 is 0 Å². The van der Waals surface area contributed by atoms with E-state index in [2.05, 4.69) is 225 Å². The quantitative estimate of drug-likeness (QED) is 0.140. The summed E-state index contributed by atoms with van der Waals surface area (Å²) in [6.07, 6.45) is 0. The van der Waals surface area contributed by atoms with Gasteiger partial charge < -0.3 is 4.90 Å². The van der Waals surface area contributed by atoms with Crippen LogP contribution in [-0.2, 0) is 5.41 Å². The van der Waals surface area contributed by atoms with E-state index >= 15 is 0 Å². The maximum Gasteiger partial charge on any atom is 0.114 e. The lowest BCUT2D eigenvalue weighted by Gasteiger charge is -2.28. The number of fused-ring (bicyclic) bond motifs is 3. The molecular weight excluding hydrogens is 709 g/mol. The van der Waals surface area contributed by atoms with Crippen LogP contribution in [0.1, 0.15) is 25.0 Å². The smallest absolute Gasteiger partial charge is 0.114 e. The monoisotopic (exact) mass is 751 g/mol. The number of hydrogen-bond acceptors (Lipinski definition) is 1. The topological polar surface area (TPSA) is 3.24 Å². The van der Waals surface area contributed by atoms with Crippen LogP contribution in [0.4, 0.5) is 17.1 Å². The zero-order chi connectivity index (χ0) is 39.9. The third-order valence-corrected chi connectivity index (χ3v) is 12.1. The van der Waals surface area contributed by atoms with E-state index in [1.807, 2.05) is 12.1 Å². The molecule has 1 aliphatic rings. The van der Waals surface area contributed by atoms with Crippen LogP contribution >= 0.6 is 0 Å². The minimum atomic E-state index is -0.116. The molecule has 278 valence electrons. The van der Waals surface area contributed by atoms with Crippen molar-refractivity contribution in [3.63, 3.8) is 0 Å². The number of hydrogen-bond donors (Lipinski definition) is 0. The normalized spacial score (nSPS) is 12.4. The summed E-state index contributed by atoms with van der Waals surface area (Å²) in [6.45, 7) is 4.70. The average Bonchev–Trinajstić information content (AvgIpc) is 3.52. The van der Waals surface area contributed by atoms with E-state index in [0.29, 0.717) is 0 Å². The lowest BCUT2D eigenvalue weighted by atomic mass is 9.81. The third-order valence-electron chi connectivity index (χ3n) is 12.1. The van der Waals surface area contributed by atoms with Crippen molar-refractivity contribution >= 4 is 30.4 Å². The molecule has 1 nitrogen and oxygen atoms in total. The molecule has 1 aliphatic carbocycles. The Morgan fingerprint density at radius 2 is 0.763 bits per heavy atom. The summed E-state index contributed by atoms with van der Waals surface area (Å²) in [5.74, 6) is 0. The molecule has 2 heteroatoms. The Morgan fingerprint density at radius 1 is 0.322 bits per heavy atom. The standard InChI is InChI=1S/C57H42BN/c1-57(2)53-26-13-11-21-49(53)50-37-36-45(38-54(50)57)59(43-32-28-40(29-33-43)39-16-5-3-6-17-39)44-34-30-42(31-35-44)47-25-15-24-46(41-18-7-4-8-19-41)56(47)52-23-10-9-20-48(52)51-22-12-14-27-55(51)58/h3-38H,1-2H3. The van der Waals surface area contributed by atoms with Gasteiger partial charge in [0.05, 0.1) is 0 Å². The molecule has 2 radical (unpaired) electrons. The Hall–Kier alpha value is -7.16. The van der Waals surface area contributed by atoms with Crippen molar-refractivity contribution in [3.8, 4) is 66.8 Å². The molecule has 0 heterocycles. The molecule has 0 aromatic heterocycles. The fourth-order valence-electron chi connectivity index (χ4n) is 9.12. The second kappa shape index (κ2) is 15.0. The fourth-order valence-corrected chi connectivity index (χ4v) is 9.12. The molecule has 0 amide bonds. The Kier molecular flexibility index (Phi) is 9.19. The third kappa shape index (κ3) is 6.48. The molecule has 10 rings (SSSR count). The summed E-state index contributed by atoms with van der Waals surface area (Å²) in [5.41, 5.74) is 20.8. The maximum atomic E-state index is 6.64. The predicted molar refractivity (Wildman–Crippen MR) is 251 cm³/mol. The maximum absolute atomic E-state index is 6.64. The lowest BCUT2D eigenvalue weighted by Crippen LogP contribution is -2.16. The van der Waals surface area contributed by atoms with Crippen LogP contribution in [0.2, 0.25) is 0 Å². The minimum Gasteiger partial charge on any atom is -0.310 e. The lowest BCUT2D eigenvalue weighted by molar-refractivity contribution is 0.660. The molecule has 0 aliphatic heterocycles. The average molecular weight is 752 g/mol. The Bertz CT molecular complexity index is 2950. The molecule has 0 bridgehead atoms. The molecule has 9 aromatic rings. The van der Waals surface area contributed by atoms with Crippen molar-refractivity contribution in [3.05, 3.63) is 230 Å².